The number of anilines is 1. The van der Waals surface area contributed by atoms with Gasteiger partial charge in [0.1, 0.15) is 6.07 Å². The predicted molar refractivity (Wildman–Crippen MR) is 43.3 cm³/mol. The average molecular weight is 147 g/mol. The number of pyridine rings is 1. The number of aromatic nitrogens is 1. The van der Waals surface area contributed by atoms with Gasteiger partial charge in [0, 0.05) is 26.5 Å². The van der Waals surface area contributed by atoms with E-state index in [1.54, 1.807) is 12.4 Å². The largest absolute Gasteiger partial charge is 0.377 e. The van der Waals surface area contributed by atoms with Gasteiger partial charge in [0.05, 0.1) is 11.3 Å². The van der Waals surface area contributed by atoms with Crippen molar-refractivity contribution in [2.24, 2.45) is 0 Å². The van der Waals surface area contributed by atoms with Crippen LogP contribution in [0.4, 0.5) is 5.69 Å². The Morgan fingerprint density at radius 3 is 2.73 bits per heavy atom. The van der Waals surface area contributed by atoms with Gasteiger partial charge < -0.3 is 4.90 Å². The maximum Gasteiger partial charge on any atom is 0.103 e. The molecule has 1 aromatic rings. The number of hydrogen-bond acceptors (Lipinski definition) is 3. The summed E-state index contributed by atoms with van der Waals surface area (Å²) in [5, 5.41) is 8.65. The van der Waals surface area contributed by atoms with Gasteiger partial charge in [-0.2, -0.15) is 5.26 Å². The fourth-order valence-corrected chi connectivity index (χ4v) is 0.863. The topological polar surface area (TPSA) is 39.9 Å². The van der Waals surface area contributed by atoms with Gasteiger partial charge in [-0.25, -0.2) is 0 Å². The minimum atomic E-state index is 0.609. The minimum Gasteiger partial charge on any atom is -0.377 e. The molecule has 11 heavy (non-hydrogen) atoms. The highest BCUT2D eigenvalue weighted by molar-refractivity contribution is 5.56. The highest BCUT2D eigenvalue weighted by atomic mass is 15.1. The zero-order valence-electron chi connectivity index (χ0n) is 6.57. The first kappa shape index (κ1) is 7.55. The molecule has 3 heteroatoms. The van der Waals surface area contributed by atoms with Crippen LogP contribution in [-0.2, 0) is 0 Å². The number of rotatable bonds is 1. The number of hydrogen-bond donors (Lipinski definition) is 0. The van der Waals surface area contributed by atoms with Crippen LogP contribution in [0.3, 0.4) is 0 Å². The Hall–Kier alpha value is -1.56. The summed E-state index contributed by atoms with van der Waals surface area (Å²) in [5.74, 6) is 0. The van der Waals surface area contributed by atoms with Gasteiger partial charge in [-0.15, -0.1) is 0 Å². The van der Waals surface area contributed by atoms with Crippen molar-refractivity contribution in [1.82, 2.24) is 4.98 Å². The highest BCUT2D eigenvalue weighted by Gasteiger charge is 2.00. The molecule has 56 valence electrons. The molecule has 0 atom stereocenters. The SMILES string of the molecule is CN(C)c1ccncc1C#N. The van der Waals surface area contributed by atoms with E-state index in [1.807, 2.05) is 25.1 Å². The molecule has 3 nitrogen and oxygen atoms in total. The molecule has 0 unspecified atom stereocenters. The molecule has 0 amide bonds. The molecule has 0 saturated heterocycles. The van der Waals surface area contributed by atoms with Gasteiger partial charge in [0.25, 0.3) is 0 Å². The maximum atomic E-state index is 8.65. The van der Waals surface area contributed by atoms with Gasteiger partial charge in [-0.1, -0.05) is 0 Å². The molecule has 0 aliphatic heterocycles. The lowest BCUT2D eigenvalue weighted by Crippen LogP contribution is -2.10. The van der Waals surface area contributed by atoms with E-state index >= 15 is 0 Å². The molecule has 0 aromatic carbocycles. The van der Waals surface area contributed by atoms with E-state index in [-0.39, 0.29) is 0 Å². The first-order valence-electron chi connectivity index (χ1n) is 3.27. The Morgan fingerprint density at radius 2 is 2.27 bits per heavy atom. The predicted octanol–water partition coefficient (Wildman–Crippen LogP) is 1.02. The van der Waals surface area contributed by atoms with E-state index in [9.17, 15) is 0 Å². The van der Waals surface area contributed by atoms with Gasteiger partial charge in [0.2, 0.25) is 0 Å². The van der Waals surface area contributed by atoms with Gasteiger partial charge >= 0.3 is 0 Å². The summed E-state index contributed by atoms with van der Waals surface area (Å²) in [6.45, 7) is 0. The van der Waals surface area contributed by atoms with E-state index < -0.39 is 0 Å². The molecule has 0 spiro atoms. The molecule has 0 saturated carbocycles. The molecular weight excluding hydrogens is 138 g/mol. The molecule has 0 radical (unpaired) electrons. The van der Waals surface area contributed by atoms with Gasteiger partial charge in [-0.3, -0.25) is 4.98 Å². The van der Waals surface area contributed by atoms with Crippen LogP contribution in [-0.4, -0.2) is 19.1 Å². The molecule has 0 bridgehead atoms. The van der Waals surface area contributed by atoms with E-state index in [0.29, 0.717) is 5.56 Å². The second-order valence-corrected chi connectivity index (χ2v) is 2.40. The van der Waals surface area contributed by atoms with E-state index in [0.717, 1.165) is 5.69 Å². The van der Waals surface area contributed by atoms with Crippen LogP contribution in [0, 0.1) is 11.3 Å². The summed E-state index contributed by atoms with van der Waals surface area (Å²) in [5.41, 5.74) is 1.51. The molecule has 1 heterocycles. The third kappa shape index (κ3) is 1.47. The van der Waals surface area contributed by atoms with Crippen LogP contribution in [0.2, 0.25) is 0 Å². The zero-order chi connectivity index (χ0) is 8.27. The van der Waals surface area contributed by atoms with Crippen molar-refractivity contribution >= 4 is 5.69 Å². The van der Waals surface area contributed by atoms with Crippen molar-refractivity contribution in [2.75, 3.05) is 19.0 Å². The second-order valence-electron chi connectivity index (χ2n) is 2.40. The number of nitriles is 1. The Balaban J connectivity index is 3.15. The van der Waals surface area contributed by atoms with Crippen LogP contribution < -0.4 is 4.90 Å². The van der Waals surface area contributed by atoms with Crippen molar-refractivity contribution in [2.45, 2.75) is 0 Å². The third-order valence-corrected chi connectivity index (χ3v) is 1.40. The fourth-order valence-electron chi connectivity index (χ4n) is 0.863. The van der Waals surface area contributed by atoms with Crippen LogP contribution >= 0.6 is 0 Å². The average Bonchev–Trinajstić information content (AvgIpc) is 2.04. The lowest BCUT2D eigenvalue weighted by molar-refractivity contribution is 1.11. The molecule has 1 aromatic heterocycles. The molecule has 0 aliphatic rings. The first-order chi connectivity index (χ1) is 5.25. The zero-order valence-corrected chi connectivity index (χ0v) is 6.57. The standard InChI is InChI=1S/C8H9N3/c1-11(2)8-3-4-10-6-7(8)5-9/h3-4,6H,1-2H3. The van der Waals surface area contributed by atoms with Crippen molar-refractivity contribution < 1.29 is 0 Å². The van der Waals surface area contributed by atoms with E-state index in [4.69, 9.17) is 5.26 Å². The normalized spacial score (nSPS) is 8.82. The quantitative estimate of drug-likeness (QED) is 0.595. The third-order valence-electron chi connectivity index (χ3n) is 1.40. The van der Waals surface area contributed by atoms with Crippen molar-refractivity contribution in [1.29, 1.82) is 5.26 Å². The smallest absolute Gasteiger partial charge is 0.103 e. The first-order valence-corrected chi connectivity index (χ1v) is 3.27. The lowest BCUT2D eigenvalue weighted by atomic mass is 10.2. The Morgan fingerprint density at radius 1 is 1.55 bits per heavy atom. The van der Waals surface area contributed by atoms with E-state index in [1.165, 1.54) is 0 Å². The van der Waals surface area contributed by atoms with Gasteiger partial charge in [0.15, 0.2) is 0 Å². The number of nitrogens with zero attached hydrogens (tertiary/aromatic N) is 3. The Labute approximate surface area is 65.9 Å². The second kappa shape index (κ2) is 3.02. The van der Waals surface area contributed by atoms with Crippen molar-refractivity contribution in [3.05, 3.63) is 24.0 Å². The van der Waals surface area contributed by atoms with Crippen LogP contribution in [0.25, 0.3) is 0 Å². The molecule has 0 fully saturated rings. The van der Waals surface area contributed by atoms with E-state index in [2.05, 4.69) is 11.1 Å². The maximum absolute atomic E-state index is 8.65. The van der Waals surface area contributed by atoms with Crippen molar-refractivity contribution in [3.8, 4) is 6.07 Å². The summed E-state index contributed by atoms with van der Waals surface area (Å²) in [6, 6.07) is 3.89. The van der Waals surface area contributed by atoms with Crippen LogP contribution in [0.1, 0.15) is 5.56 Å². The lowest BCUT2D eigenvalue weighted by Gasteiger charge is -2.12. The molecule has 0 N–H and O–H groups in total. The molecule has 1 rings (SSSR count). The summed E-state index contributed by atoms with van der Waals surface area (Å²) in [7, 11) is 3.80. The van der Waals surface area contributed by atoms with Gasteiger partial charge in [-0.05, 0) is 6.07 Å². The summed E-state index contributed by atoms with van der Waals surface area (Å²) in [6.07, 6.45) is 3.24. The highest BCUT2D eigenvalue weighted by Crippen LogP contribution is 2.14. The van der Waals surface area contributed by atoms with Crippen molar-refractivity contribution in [3.63, 3.8) is 0 Å². The Bertz CT molecular complexity index is 286. The summed E-state index contributed by atoms with van der Waals surface area (Å²) < 4.78 is 0. The van der Waals surface area contributed by atoms with Crippen LogP contribution in [0.5, 0.6) is 0 Å². The fraction of sp³-hybridized carbons (Fsp3) is 0.250. The Kier molecular flexibility index (Phi) is 2.07. The summed E-state index contributed by atoms with van der Waals surface area (Å²) in [4.78, 5) is 5.74. The molecule has 0 aliphatic carbocycles. The summed E-state index contributed by atoms with van der Waals surface area (Å²) >= 11 is 0. The van der Waals surface area contributed by atoms with Crippen LogP contribution in [0.15, 0.2) is 18.5 Å². The minimum absolute atomic E-state index is 0.609. The monoisotopic (exact) mass is 147 g/mol. The molecular formula is C8H9N3.